The molecular weight excluding hydrogens is 1330 g/mol. The van der Waals surface area contributed by atoms with Gasteiger partial charge in [-0.1, -0.05) is 177 Å². The molecule has 20 nitrogen and oxygen atoms in total. The normalized spacial score (nSPS) is 13.8. The van der Waals surface area contributed by atoms with Crippen molar-refractivity contribution in [3.8, 4) is 23.0 Å². The first kappa shape index (κ1) is 79.2. The molecule has 4 amide bonds. The number of fused-ring (bicyclic) bond motifs is 8. The highest BCUT2D eigenvalue weighted by Crippen LogP contribution is 2.36. The summed E-state index contributed by atoms with van der Waals surface area (Å²) in [6, 6.07) is 49.3. The second-order valence-corrected chi connectivity index (χ2v) is 29.6. The number of rotatable bonds is 8. The topological polar surface area (TPSA) is 257 Å². The van der Waals surface area contributed by atoms with Gasteiger partial charge in [0.2, 0.25) is 11.8 Å². The molecule has 560 valence electrons. The van der Waals surface area contributed by atoms with Crippen molar-refractivity contribution in [1.29, 1.82) is 0 Å². The van der Waals surface area contributed by atoms with Gasteiger partial charge in [0, 0.05) is 25.6 Å². The number of carbonyl (C=O) groups is 4. The molecule has 10 aromatic rings. The molecule has 8 aromatic carbocycles. The lowest BCUT2D eigenvalue weighted by atomic mass is 9.98. The van der Waals surface area contributed by atoms with Crippen molar-refractivity contribution in [2.24, 2.45) is 7.05 Å². The molecule has 0 unspecified atom stereocenters. The summed E-state index contributed by atoms with van der Waals surface area (Å²) < 4.78 is 23.5. The van der Waals surface area contributed by atoms with Gasteiger partial charge < -0.3 is 60.8 Å². The Kier molecular flexibility index (Phi) is 27.4. The quantitative estimate of drug-likeness (QED) is 0.0705. The van der Waals surface area contributed by atoms with Crippen LogP contribution in [0.4, 0.5) is 28.4 Å². The van der Waals surface area contributed by atoms with Crippen LogP contribution in [0.15, 0.2) is 150 Å². The lowest BCUT2D eigenvalue weighted by molar-refractivity contribution is -0.118. The molecule has 0 spiro atoms. The third kappa shape index (κ3) is 21.6. The molecule has 6 aliphatic rings. The van der Waals surface area contributed by atoms with E-state index in [2.05, 4.69) is 236 Å². The Morgan fingerprint density at radius 3 is 1.44 bits per heavy atom. The molecule has 0 bridgehead atoms. The monoisotopic (exact) mass is 1440 g/mol. The van der Waals surface area contributed by atoms with E-state index < -0.39 is 0 Å². The van der Waals surface area contributed by atoms with E-state index in [1.165, 1.54) is 50.1 Å². The van der Waals surface area contributed by atoms with E-state index in [9.17, 15) is 24.0 Å². The number of benzene rings is 8. The van der Waals surface area contributed by atoms with Gasteiger partial charge in [-0.15, -0.1) is 5.10 Å². The lowest BCUT2D eigenvalue weighted by Crippen LogP contribution is -2.27. The molecule has 0 fully saturated rings. The summed E-state index contributed by atoms with van der Waals surface area (Å²) in [7, 11) is 1.91. The summed E-state index contributed by atoms with van der Waals surface area (Å²) in [5, 5.41) is 25.5. The zero-order valence-corrected chi connectivity index (χ0v) is 64.6. The van der Waals surface area contributed by atoms with Crippen molar-refractivity contribution < 1.29 is 38.1 Å². The average Bonchev–Trinajstić information content (AvgIpc) is 1.08. The Hall–Kier alpha value is -10.9. The van der Waals surface area contributed by atoms with E-state index in [-0.39, 0.29) is 35.9 Å². The molecule has 0 atom stereocenters. The van der Waals surface area contributed by atoms with Crippen LogP contribution in [0.3, 0.4) is 0 Å². The fourth-order valence-electron chi connectivity index (χ4n) is 11.9. The van der Waals surface area contributed by atoms with Gasteiger partial charge >= 0.3 is 5.69 Å². The van der Waals surface area contributed by atoms with Crippen LogP contribution < -0.4 is 56.5 Å². The van der Waals surface area contributed by atoms with Crippen LogP contribution in [-0.2, 0) is 34.4 Å². The van der Waals surface area contributed by atoms with Gasteiger partial charge in [-0.3, -0.25) is 19.2 Å². The first-order valence-corrected chi connectivity index (χ1v) is 37.1. The van der Waals surface area contributed by atoms with Gasteiger partial charge in [0.1, 0.15) is 30.2 Å². The predicted molar refractivity (Wildman–Crippen MR) is 429 cm³/mol. The average molecular weight is 1440 g/mol. The molecular formula is C86H107N11O9. The zero-order chi connectivity index (χ0) is 76.5. The van der Waals surface area contributed by atoms with Crippen LogP contribution in [0.2, 0.25) is 0 Å². The molecule has 8 N–H and O–H groups in total. The third-order valence-electron chi connectivity index (χ3n) is 18.8. The second-order valence-electron chi connectivity index (χ2n) is 29.6. The van der Waals surface area contributed by atoms with E-state index in [4.69, 9.17) is 18.9 Å². The molecule has 106 heavy (non-hydrogen) atoms. The summed E-state index contributed by atoms with van der Waals surface area (Å²) >= 11 is 0. The number of ether oxygens (including phenoxy) is 4. The molecule has 16 rings (SSSR count). The van der Waals surface area contributed by atoms with E-state index in [0.717, 1.165) is 97.7 Å². The van der Waals surface area contributed by atoms with Crippen LogP contribution >= 0.6 is 0 Å². The molecule has 0 aliphatic carbocycles. The third-order valence-corrected chi connectivity index (χ3v) is 18.8. The van der Waals surface area contributed by atoms with Gasteiger partial charge in [-0.25, -0.2) is 9.48 Å². The number of hydrogen-bond acceptors (Lipinski definition) is 13. The van der Waals surface area contributed by atoms with Gasteiger partial charge in [-0.05, 0) is 188 Å². The summed E-state index contributed by atoms with van der Waals surface area (Å²) in [4.78, 5) is 61.0. The summed E-state index contributed by atoms with van der Waals surface area (Å²) in [5.41, 5.74) is 21.8. The van der Waals surface area contributed by atoms with Crippen LogP contribution in [0.25, 0.3) is 22.1 Å². The smallest absolute Gasteiger partial charge is 0.323 e. The largest absolute Gasteiger partial charge is 0.493 e. The molecule has 8 heterocycles. The molecule has 0 radical (unpaired) electrons. The van der Waals surface area contributed by atoms with Gasteiger partial charge in [0.05, 0.1) is 64.7 Å². The maximum atomic E-state index is 11.3. The second kappa shape index (κ2) is 36.7. The van der Waals surface area contributed by atoms with Crippen molar-refractivity contribution in [3.05, 3.63) is 217 Å². The highest BCUT2D eigenvalue weighted by molar-refractivity contribution is 6.02. The van der Waals surface area contributed by atoms with E-state index in [0.29, 0.717) is 80.2 Å². The van der Waals surface area contributed by atoms with E-state index in [1.807, 2.05) is 79.8 Å². The Bertz CT molecular complexity index is 4680. The van der Waals surface area contributed by atoms with Crippen LogP contribution in [0, 0.1) is 0 Å². The number of imidazole rings is 1. The maximum absolute atomic E-state index is 11.3. The highest BCUT2D eigenvalue weighted by atomic mass is 16.6. The van der Waals surface area contributed by atoms with Crippen LogP contribution in [-0.4, -0.2) is 88.1 Å². The van der Waals surface area contributed by atoms with Crippen molar-refractivity contribution in [3.63, 3.8) is 0 Å². The van der Waals surface area contributed by atoms with Crippen molar-refractivity contribution in [2.45, 2.75) is 171 Å². The van der Waals surface area contributed by atoms with Crippen LogP contribution in [0.1, 0.15) is 224 Å². The predicted octanol–water partition coefficient (Wildman–Crippen LogP) is 17.9. The maximum Gasteiger partial charge on any atom is 0.323 e. The van der Waals surface area contributed by atoms with Crippen molar-refractivity contribution in [1.82, 2.24) is 30.3 Å². The minimum Gasteiger partial charge on any atom is -0.493 e. The lowest BCUT2D eigenvalue weighted by Gasteiger charge is -2.20. The van der Waals surface area contributed by atoms with E-state index >= 15 is 0 Å². The number of aryl methyl sites for hydroxylation is 1. The molecule has 2 aromatic heterocycles. The number of amides is 4. The molecule has 6 aliphatic heterocycles. The van der Waals surface area contributed by atoms with Gasteiger partial charge in [0.15, 0.2) is 18.1 Å². The summed E-state index contributed by atoms with van der Waals surface area (Å²) in [6.07, 6.45) is 1.08. The minimum atomic E-state index is -0.143. The first-order valence-electron chi connectivity index (χ1n) is 37.1. The van der Waals surface area contributed by atoms with Crippen LogP contribution in [0.5, 0.6) is 23.0 Å². The van der Waals surface area contributed by atoms with Gasteiger partial charge in [-0.2, -0.15) is 0 Å². The molecule has 0 saturated heterocycles. The minimum absolute atomic E-state index is 0.0230. The number of H-pyrrole nitrogens is 2. The summed E-state index contributed by atoms with van der Waals surface area (Å²) in [6.45, 7) is 38.2. The number of aromatic amines is 2. The SMILES string of the molecule is CC(C)c1ccc2[nH]c(=O)[nH]c2c1.CC(C)c1ccc2c(c1)C(=O)NC2.CC(C)c1ccc2c(c1)NC(=O)CN2.CC(C)c1ccc2c(c1)NCC(=O)N2.CC(C)c1ccc2c(c1)OCC(=O)N2.CC(C)c1ccc2c(c1)OCC2.CC(C)c1ccc2c(c1)OCCO2.CC(C)c1ccc2c(c1)nnn2C. The number of nitrogens with one attached hydrogen (secondary N) is 8. The molecule has 0 saturated carbocycles. The number of carbonyl (C=O) groups excluding carboxylic acids is 4. The summed E-state index contributed by atoms with van der Waals surface area (Å²) in [5.74, 6) is 7.79. The number of nitrogens with zero attached hydrogens (tertiary/aromatic N) is 3. The zero-order valence-electron chi connectivity index (χ0n) is 64.6. The Morgan fingerprint density at radius 2 is 0.811 bits per heavy atom. The Morgan fingerprint density at radius 1 is 0.358 bits per heavy atom. The van der Waals surface area contributed by atoms with E-state index in [1.54, 1.807) is 4.68 Å². The Labute approximate surface area is 623 Å². The first-order chi connectivity index (χ1) is 50.6. The molecule has 20 heteroatoms. The van der Waals surface area contributed by atoms with Crippen molar-refractivity contribution >= 4 is 74.1 Å². The standard InChI is InChI=1S/2C11H14N2O.C11H13NO2.C11H13NO.C11H14O2.C11H14O.C10H13N3.C10H12N2O/c1-7(2)8-3-4-9-10(5-8)12-6-11(14)13-9;1-7(2)8-3-4-9-10(5-8)13-11(14)6-12-9;1-7(2)8-3-4-9-10(5-8)14-6-11(13)12-9;1-7(2)8-3-4-9-6-12-11(13)10(9)5-8;1-8(2)9-3-4-10-11(7-9)13-6-5-12-10;1-8(2)10-4-3-9-5-6-12-11(9)7-10;1-7(2)8-4-5-10-9(6-8)11-12-13(10)3;1-6(2)7-3-4-8-9(5-7)12-10(13)11-8/h2*3-5,7,12H,6H2,1-2H3,(H,13,14);3-5,7H,6H2,1-2H3,(H,12,13);3-5,7H,6H2,1-2H3,(H,12,13);3-4,7-8H,5-6H2,1-2H3;3-4,7-8H,5-6H2,1-2H3;4-7H,1-3H3;3-6H,1-2H3,(H2,11,12,13). The highest BCUT2D eigenvalue weighted by Gasteiger charge is 2.22. The fourth-order valence-corrected chi connectivity index (χ4v) is 11.9. The van der Waals surface area contributed by atoms with Gasteiger partial charge in [0.25, 0.3) is 11.8 Å². The fraction of sp³-hybridized carbons (Fsp3) is 0.384. The Balaban J connectivity index is 0.000000140. The number of aromatic nitrogens is 5. The number of hydrogen-bond donors (Lipinski definition) is 8. The van der Waals surface area contributed by atoms with Crippen molar-refractivity contribution in [2.75, 3.05) is 66.1 Å². The number of anilines is 5.